The van der Waals surface area contributed by atoms with Crippen LogP contribution in [-0.4, -0.2) is 9.97 Å². The predicted molar refractivity (Wildman–Crippen MR) is 178 cm³/mol. The summed E-state index contributed by atoms with van der Waals surface area (Å²) in [5.41, 5.74) is 6.63. The molecule has 2 aromatic heterocycles. The van der Waals surface area contributed by atoms with Crippen LogP contribution in [0.3, 0.4) is 0 Å². The summed E-state index contributed by atoms with van der Waals surface area (Å²) in [5.74, 6) is 0. The third-order valence-electron chi connectivity index (χ3n) is 8.71. The molecule has 0 atom stereocenters. The molecule has 0 saturated carbocycles. The van der Waals surface area contributed by atoms with E-state index < -0.39 is 0 Å². The molecule has 0 bridgehead atoms. The Kier molecular flexibility index (Phi) is 4.93. The Hall–Kier alpha value is -5.60. The van der Waals surface area contributed by atoms with Crippen molar-refractivity contribution in [2.75, 3.05) is 0 Å². The van der Waals surface area contributed by atoms with Crippen molar-refractivity contribution in [3.05, 3.63) is 146 Å². The van der Waals surface area contributed by atoms with E-state index in [0.717, 1.165) is 27.4 Å². The van der Waals surface area contributed by atoms with Crippen LogP contribution in [0.5, 0.6) is 0 Å². The Morgan fingerprint density at radius 1 is 0.333 bits per heavy atom. The van der Waals surface area contributed by atoms with E-state index in [4.69, 9.17) is 4.98 Å². The van der Waals surface area contributed by atoms with Gasteiger partial charge in [0.25, 0.3) is 0 Å². The van der Waals surface area contributed by atoms with Crippen LogP contribution in [0.4, 0.5) is 0 Å². The van der Waals surface area contributed by atoms with Crippen LogP contribution in [-0.2, 0) is 0 Å². The minimum Gasteiger partial charge on any atom is -0.254 e. The highest BCUT2D eigenvalue weighted by molar-refractivity contribution is 6.26. The van der Waals surface area contributed by atoms with Gasteiger partial charge in [0.1, 0.15) is 0 Å². The maximum Gasteiger partial charge on any atom is 0.0964 e. The van der Waals surface area contributed by atoms with Gasteiger partial charge < -0.3 is 0 Å². The van der Waals surface area contributed by atoms with Gasteiger partial charge in [0.15, 0.2) is 0 Å². The second-order valence-electron chi connectivity index (χ2n) is 11.0. The van der Waals surface area contributed by atoms with Crippen molar-refractivity contribution in [3.8, 4) is 22.3 Å². The van der Waals surface area contributed by atoms with Crippen molar-refractivity contribution in [1.82, 2.24) is 9.97 Å². The van der Waals surface area contributed by atoms with Gasteiger partial charge >= 0.3 is 0 Å². The number of pyridine rings is 2. The molecule has 7 aromatic carbocycles. The zero-order valence-electron chi connectivity index (χ0n) is 22.8. The minimum atomic E-state index is 0.939. The molecule has 0 unspecified atom stereocenters. The fourth-order valence-electron chi connectivity index (χ4n) is 6.76. The number of nitrogens with zero attached hydrogens (tertiary/aromatic N) is 2. The Morgan fingerprint density at radius 2 is 0.881 bits per heavy atom. The molecule has 194 valence electrons. The second-order valence-corrected chi connectivity index (χ2v) is 11.0. The number of hydrogen-bond donors (Lipinski definition) is 0. The molecule has 0 amide bonds. The van der Waals surface area contributed by atoms with Gasteiger partial charge in [0.05, 0.1) is 11.0 Å². The van der Waals surface area contributed by atoms with Gasteiger partial charge in [-0.25, -0.2) is 0 Å². The number of benzene rings is 7. The lowest BCUT2D eigenvalue weighted by molar-refractivity contribution is 1.37. The highest BCUT2D eigenvalue weighted by Crippen LogP contribution is 2.40. The number of hydrogen-bond acceptors (Lipinski definition) is 2. The smallest absolute Gasteiger partial charge is 0.0964 e. The topological polar surface area (TPSA) is 25.8 Å². The van der Waals surface area contributed by atoms with E-state index in [1.807, 2.05) is 18.5 Å². The summed E-state index contributed by atoms with van der Waals surface area (Å²) in [6.07, 6.45) is 3.83. The third-order valence-corrected chi connectivity index (χ3v) is 8.71. The number of rotatable bonds is 2. The maximum atomic E-state index is 4.90. The van der Waals surface area contributed by atoms with Gasteiger partial charge in [0, 0.05) is 28.7 Å². The number of fused-ring (bicyclic) bond motifs is 10. The average Bonchev–Trinajstić information content (AvgIpc) is 3.07. The molecular formula is C40H24N2. The van der Waals surface area contributed by atoms with E-state index in [1.54, 1.807) is 0 Å². The molecule has 0 saturated heterocycles. The fourth-order valence-corrected chi connectivity index (χ4v) is 6.76. The summed E-state index contributed by atoms with van der Waals surface area (Å²) in [6.45, 7) is 0. The van der Waals surface area contributed by atoms with E-state index in [9.17, 15) is 0 Å². The van der Waals surface area contributed by atoms with E-state index >= 15 is 0 Å². The Morgan fingerprint density at radius 3 is 1.57 bits per heavy atom. The first-order valence-corrected chi connectivity index (χ1v) is 14.3. The summed E-state index contributed by atoms with van der Waals surface area (Å²) in [5, 5.41) is 12.4. The van der Waals surface area contributed by atoms with Gasteiger partial charge in [-0.15, -0.1) is 0 Å². The van der Waals surface area contributed by atoms with Crippen LogP contribution in [0.15, 0.2) is 146 Å². The van der Waals surface area contributed by atoms with E-state index in [0.29, 0.717) is 0 Å². The average molecular weight is 533 g/mol. The molecule has 2 heterocycles. The molecule has 0 aliphatic heterocycles. The van der Waals surface area contributed by atoms with Crippen molar-refractivity contribution >= 4 is 64.9 Å². The molecule has 42 heavy (non-hydrogen) atoms. The molecule has 2 heteroatoms. The Bertz CT molecular complexity index is 2490. The first-order chi connectivity index (χ1) is 20.8. The van der Waals surface area contributed by atoms with Crippen molar-refractivity contribution in [1.29, 1.82) is 0 Å². The SMILES string of the molecule is c1cnc2c(c1)ccc1cc(-c3ccc(-c4ccc5c6ccccc6c6ccccc6c5c4)c4ccccc34)cnc12. The summed E-state index contributed by atoms with van der Waals surface area (Å²) in [4.78, 5) is 9.50. The summed E-state index contributed by atoms with van der Waals surface area (Å²) >= 11 is 0. The van der Waals surface area contributed by atoms with Crippen molar-refractivity contribution in [2.45, 2.75) is 0 Å². The zero-order valence-corrected chi connectivity index (χ0v) is 22.8. The quantitative estimate of drug-likeness (QED) is 0.207. The van der Waals surface area contributed by atoms with Crippen LogP contribution in [0.2, 0.25) is 0 Å². The Labute approximate surface area is 242 Å². The first-order valence-electron chi connectivity index (χ1n) is 14.3. The molecule has 0 radical (unpaired) electrons. The lowest BCUT2D eigenvalue weighted by Crippen LogP contribution is -1.90. The molecular weight excluding hydrogens is 508 g/mol. The van der Waals surface area contributed by atoms with Crippen molar-refractivity contribution in [2.24, 2.45) is 0 Å². The maximum absolute atomic E-state index is 4.90. The van der Waals surface area contributed by atoms with E-state index in [-0.39, 0.29) is 0 Å². The molecule has 0 fully saturated rings. The lowest BCUT2D eigenvalue weighted by Gasteiger charge is -2.15. The standard InChI is InChI=1S/C40H24N2/c1-2-10-32-30(28-22-27-16-15-25-8-7-21-41-39(25)40(27)42-24-28)20-19-29(31(32)9-1)26-17-18-37-35-13-4-3-11-33(35)34-12-5-6-14-36(34)38(37)23-26/h1-24H. The van der Waals surface area contributed by atoms with Crippen LogP contribution < -0.4 is 0 Å². The highest BCUT2D eigenvalue weighted by atomic mass is 14.7. The van der Waals surface area contributed by atoms with Crippen LogP contribution in [0.1, 0.15) is 0 Å². The predicted octanol–water partition coefficient (Wildman–Crippen LogP) is 10.7. The van der Waals surface area contributed by atoms with Gasteiger partial charge in [-0.1, -0.05) is 115 Å². The lowest BCUT2D eigenvalue weighted by atomic mass is 9.89. The van der Waals surface area contributed by atoms with Gasteiger partial charge in [-0.2, -0.15) is 0 Å². The van der Waals surface area contributed by atoms with E-state index in [2.05, 4.69) is 132 Å². The first kappa shape index (κ1) is 23.1. The highest BCUT2D eigenvalue weighted by Gasteiger charge is 2.14. The molecule has 2 nitrogen and oxygen atoms in total. The molecule has 9 aromatic rings. The zero-order chi connectivity index (χ0) is 27.6. The fraction of sp³-hybridized carbons (Fsp3) is 0. The second kappa shape index (κ2) is 8.95. The van der Waals surface area contributed by atoms with Gasteiger partial charge in [-0.3, -0.25) is 9.97 Å². The molecule has 9 rings (SSSR count). The van der Waals surface area contributed by atoms with Gasteiger partial charge in [-0.05, 0) is 78.0 Å². The van der Waals surface area contributed by atoms with Crippen molar-refractivity contribution in [3.63, 3.8) is 0 Å². The normalized spacial score (nSPS) is 11.8. The minimum absolute atomic E-state index is 0.939. The molecule has 0 aliphatic carbocycles. The largest absolute Gasteiger partial charge is 0.254 e. The third kappa shape index (κ3) is 3.39. The molecule has 0 spiro atoms. The van der Waals surface area contributed by atoms with E-state index in [1.165, 1.54) is 59.8 Å². The molecule has 0 N–H and O–H groups in total. The van der Waals surface area contributed by atoms with Crippen LogP contribution >= 0.6 is 0 Å². The van der Waals surface area contributed by atoms with Gasteiger partial charge in [0.2, 0.25) is 0 Å². The summed E-state index contributed by atoms with van der Waals surface area (Å²) in [7, 11) is 0. The monoisotopic (exact) mass is 532 g/mol. The van der Waals surface area contributed by atoms with Crippen LogP contribution in [0.25, 0.3) is 87.1 Å². The number of aromatic nitrogens is 2. The summed E-state index contributed by atoms with van der Waals surface area (Å²) < 4.78 is 0. The molecule has 0 aliphatic rings. The van der Waals surface area contributed by atoms with Crippen molar-refractivity contribution < 1.29 is 0 Å². The van der Waals surface area contributed by atoms with Crippen LogP contribution in [0, 0.1) is 0 Å². The summed E-state index contributed by atoms with van der Waals surface area (Å²) in [6, 6.07) is 48.3. The Balaban J connectivity index is 1.25.